The smallest absolute Gasteiger partial charge is 0.410 e. The van der Waals surface area contributed by atoms with Crippen molar-refractivity contribution < 1.29 is 28.0 Å². The number of nitrogens with one attached hydrogen (secondary N) is 3. The SMILES string of the molecule is C.CC.CC.CC.CC(C)n1nc(-c2noc(C3CC3)c2-c2ncc(C3CCN(C(=O)OC4CC5(CC(CN6CCN(c7ccc(NC8CCC(=O)NC8=O)cc7F)CC6)C5)C4)CC3)cn2)c2c(N)ncnc21.CCc1c(N)ncnc1NC. The number of rotatable bonds is 13. The Labute approximate surface area is 494 Å². The molecule has 7 N–H and O–H groups in total. The molecule has 84 heavy (non-hydrogen) atoms. The molecule has 6 aliphatic rings. The molecule has 23 heteroatoms. The number of hydrogen-bond acceptors (Lipinski definition) is 19. The van der Waals surface area contributed by atoms with E-state index in [9.17, 15) is 14.4 Å². The number of nitrogens with two attached hydrogens (primary N) is 2. The molecule has 8 heterocycles. The maximum absolute atomic E-state index is 15.2. The molecule has 1 unspecified atom stereocenters. The molecule has 3 aliphatic carbocycles. The minimum absolute atomic E-state index is 0. The summed E-state index contributed by atoms with van der Waals surface area (Å²) in [6, 6.07) is 4.49. The van der Waals surface area contributed by atoms with Crippen molar-refractivity contribution in [1.82, 2.24) is 60.0 Å². The van der Waals surface area contributed by atoms with E-state index in [4.69, 9.17) is 35.8 Å². The Morgan fingerprint density at radius 3 is 2.12 bits per heavy atom. The number of imide groups is 1. The Kier molecular flexibility index (Phi) is 22.0. The summed E-state index contributed by atoms with van der Waals surface area (Å²) in [7, 11) is 1.82. The van der Waals surface area contributed by atoms with Crippen molar-refractivity contribution in [3.8, 4) is 22.8 Å². The number of carbonyl (C=O) groups excluding carboxylic acids is 3. The highest BCUT2D eigenvalue weighted by Gasteiger charge is 2.54. The van der Waals surface area contributed by atoms with Crippen molar-refractivity contribution in [3.63, 3.8) is 0 Å². The predicted molar refractivity (Wildman–Crippen MR) is 328 cm³/mol. The fourth-order valence-corrected chi connectivity index (χ4v) is 12.1. The second kappa shape index (κ2) is 28.8. The van der Waals surface area contributed by atoms with Gasteiger partial charge in [-0.15, -0.1) is 0 Å². The minimum atomic E-state index is -0.552. The van der Waals surface area contributed by atoms with Crippen molar-refractivity contribution in [3.05, 3.63) is 66.0 Å². The molecule has 456 valence electrons. The molecule has 3 amide bonds. The molecule has 1 atom stereocenters. The molecule has 6 aromatic rings. The lowest BCUT2D eigenvalue weighted by atomic mass is 9.50. The summed E-state index contributed by atoms with van der Waals surface area (Å²) in [5.74, 6) is 3.11. The summed E-state index contributed by atoms with van der Waals surface area (Å²) >= 11 is 0. The summed E-state index contributed by atoms with van der Waals surface area (Å²) in [5, 5.41) is 18.4. The Morgan fingerprint density at radius 1 is 0.845 bits per heavy atom. The molecule has 5 aromatic heterocycles. The van der Waals surface area contributed by atoms with Crippen molar-refractivity contribution in [2.24, 2.45) is 11.3 Å². The van der Waals surface area contributed by atoms with E-state index >= 15 is 4.39 Å². The molecular weight excluding hydrogens is 1070 g/mol. The fraction of sp³-hybridized carbons (Fsp3) is 0.590. The number of nitrogen functional groups attached to an aromatic ring is 2. The third-order valence-corrected chi connectivity index (χ3v) is 16.4. The fourth-order valence-electron chi connectivity index (χ4n) is 12.1. The molecule has 1 aromatic carbocycles. The second-order valence-corrected chi connectivity index (χ2v) is 22.0. The van der Waals surface area contributed by atoms with Gasteiger partial charge in [-0.2, -0.15) is 5.10 Å². The van der Waals surface area contributed by atoms with Crippen LogP contribution in [0.3, 0.4) is 0 Å². The van der Waals surface area contributed by atoms with E-state index in [1.54, 1.807) is 12.1 Å². The lowest BCUT2D eigenvalue weighted by Crippen LogP contribution is -2.56. The first-order chi connectivity index (χ1) is 40.3. The molecular formula is C61H90FN17O5. The summed E-state index contributed by atoms with van der Waals surface area (Å²) < 4.78 is 29.0. The summed E-state index contributed by atoms with van der Waals surface area (Å²) in [6.07, 6.45) is 15.8. The number of amides is 3. The first-order valence-electron chi connectivity index (χ1n) is 30.2. The van der Waals surface area contributed by atoms with E-state index in [1.807, 2.05) is 91.3 Å². The largest absolute Gasteiger partial charge is 0.446 e. The molecule has 3 saturated carbocycles. The van der Waals surface area contributed by atoms with Crippen LogP contribution < -0.4 is 32.3 Å². The number of aromatic nitrogens is 9. The Bertz CT molecular complexity index is 3140. The van der Waals surface area contributed by atoms with Crippen LogP contribution in [0.4, 0.5) is 38.0 Å². The molecule has 12 rings (SSSR count). The van der Waals surface area contributed by atoms with Gasteiger partial charge in [0.25, 0.3) is 0 Å². The predicted octanol–water partition coefficient (Wildman–Crippen LogP) is 10.4. The van der Waals surface area contributed by atoms with Crippen LogP contribution in [-0.2, 0) is 20.7 Å². The van der Waals surface area contributed by atoms with Gasteiger partial charge in [0.15, 0.2) is 17.2 Å². The highest BCUT2D eigenvalue weighted by Crippen LogP contribution is 2.60. The van der Waals surface area contributed by atoms with Crippen molar-refractivity contribution >= 4 is 57.8 Å². The van der Waals surface area contributed by atoms with Gasteiger partial charge in [0.1, 0.15) is 59.5 Å². The average molecular weight is 1160 g/mol. The van der Waals surface area contributed by atoms with E-state index in [0.29, 0.717) is 82.1 Å². The normalized spacial score (nSPS) is 21.1. The van der Waals surface area contributed by atoms with Gasteiger partial charge in [-0.05, 0) is 119 Å². The summed E-state index contributed by atoms with van der Waals surface area (Å²) in [4.78, 5) is 69.7. The van der Waals surface area contributed by atoms with Gasteiger partial charge in [-0.25, -0.2) is 43.8 Å². The number of halogens is 1. The van der Waals surface area contributed by atoms with Crippen molar-refractivity contribution in [2.75, 3.05) is 79.9 Å². The third kappa shape index (κ3) is 14.2. The number of likely N-dealkylation sites (tertiary alicyclic amines) is 1. The van der Waals surface area contributed by atoms with E-state index in [-0.39, 0.29) is 61.6 Å². The Balaban J connectivity index is 0.000000496. The number of nitrogens with zero attached hydrogens (tertiary/aromatic N) is 12. The van der Waals surface area contributed by atoms with E-state index in [0.717, 1.165) is 119 Å². The van der Waals surface area contributed by atoms with Crippen LogP contribution in [-0.4, -0.2) is 138 Å². The van der Waals surface area contributed by atoms with Gasteiger partial charge in [0.05, 0.1) is 16.6 Å². The van der Waals surface area contributed by atoms with Crippen LogP contribution >= 0.6 is 0 Å². The lowest BCUT2D eigenvalue weighted by Gasteiger charge is -2.58. The average Bonchev–Trinajstić information content (AvgIpc) is 3.48. The van der Waals surface area contributed by atoms with E-state index in [2.05, 4.69) is 50.8 Å². The molecule has 0 bridgehead atoms. The van der Waals surface area contributed by atoms with Crippen LogP contribution in [0.15, 0.2) is 47.8 Å². The zero-order chi connectivity index (χ0) is 59.5. The van der Waals surface area contributed by atoms with Crippen molar-refractivity contribution in [2.45, 2.75) is 170 Å². The molecule has 3 aliphatic heterocycles. The standard InChI is InChI=1S/C47H56FN13O5.C7H12N4.3C2H6.CH4/c1-26(2)61-44-38(42(49)52-25-53-44)39(56-61)40-37(41(66-57-40)29-3-4-29)43-50-22-30(23-51-43)28-9-11-60(12-10-28)46(64)65-32-20-47(21-32)18-27(19-47)24-58-13-15-59(16-14-58)35-7-5-31(17-33(35)48)54-34-6-8-36(62)55-45(34)63;1-3-5-6(8)10-4-11-7(5)9-2;3*1-2;/h5,7,17,22-23,25-29,32,34,54H,3-4,6,8-16,18-21,24H2,1-2H3,(H2,49,52,53)(H,55,62,63);4H,3H2,1-2H3,(H3,8,9,10,11);3*1-2H3;1H4. The number of hydrogen-bond donors (Lipinski definition) is 5. The van der Waals surface area contributed by atoms with Gasteiger partial charge >= 0.3 is 6.09 Å². The number of piperidine rings is 2. The van der Waals surface area contributed by atoms with Gasteiger partial charge in [0.2, 0.25) is 11.8 Å². The molecule has 3 saturated heterocycles. The second-order valence-electron chi connectivity index (χ2n) is 22.0. The zero-order valence-corrected chi connectivity index (χ0v) is 50.2. The van der Waals surface area contributed by atoms with Crippen LogP contribution in [0.2, 0.25) is 0 Å². The molecule has 22 nitrogen and oxygen atoms in total. The maximum atomic E-state index is 15.2. The van der Waals surface area contributed by atoms with E-state index in [1.165, 1.54) is 18.7 Å². The van der Waals surface area contributed by atoms with Crippen LogP contribution in [0.5, 0.6) is 0 Å². The first kappa shape index (κ1) is 64.0. The number of carbonyl (C=O) groups is 3. The van der Waals surface area contributed by atoms with Crippen LogP contribution in [0.1, 0.15) is 169 Å². The van der Waals surface area contributed by atoms with Gasteiger partial charge in [-0.1, -0.05) is 61.0 Å². The number of anilines is 5. The van der Waals surface area contributed by atoms with Gasteiger partial charge < -0.3 is 41.2 Å². The molecule has 1 spiro atoms. The first-order valence-corrected chi connectivity index (χ1v) is 30.2. The topological polar surface area (TPSA) is 279 Å². The highest BCUT2D eigenvalue weighted by molar-refractivity contribution is 6.02. The molecule has 0 radical (unpaired) electrons. The maximum Gasteiger partial charge on any atom is 0.410 e. The zero-order valence-electron chi connectivity index (χ0n) is 50.2. The van der Waals surface area contributed by atoms with Crippen LogP contribution in [0.25, 0.3) is 33.8 Å². The Morgan fingerprint density at radius 2 is 1.51 bits per heavy atom. The number of fused-ring (bicyclic) bond motifs is 1. The highest BCUT2D eigenvalue weighted by atomic mass is 19.1. The van der Waals surface area contributed by atoms with E-state index < -0.39 is 6.04 Å². The Hall–Kier alpha value is -7.56. The van der Waals surface area contributed by atoms with Gasteiger partial charge in [-0.3, -0.25) is 19.8 Å². The number of piperazine rings is 1. The lowest BCUT2D eigenvalue weighted by molar-refractivity contribution is -0.133. The number of ether oxygens (including phenoxy) is 1. The summed E-state index contributed by atoms with van der Waals surface area (Å²) in [6.45, 7) is 23.6. The minimum Gasteiger partial charge on any atom is -0.446 e. The summed E-state index contributed by atoms with van der Waals surface area (Å²) in [5.41, 5.74) is 17.9. The third-order valence-electron chi connectivity index (χ3n) is 16.4. The van der Waals surface area contributed by atoms with Crippen molar-refractivity contribution in [1.29, 1.82) is 0 Å². The molecule has 6 fully saturated rings. The number of benzene rings is 1. The quantitative estimate of drug-likeness (QED) is 0.0672. The van der Waals surface area contributed by atoms with Crippen LogP contribution in [0, 0.1) is 17.2 Å². The van der Waals surface area contributed by atoms with Gasteiger partial charge in [0, 0.05) is 94.9 Å². The monoisotopic (exact) mass is 1160 g/mol.